The van der Waals surface area contributed by atoms with E-state index in [-0.39, 0.29) is 29.7 Å². The van der Waals surface area contributed by atoms with Crippen molar-refractivity contribution in [1.29, 1.82) is 0 Å². The van der Waals surface area contributed by atoms with Crippen molar-refractivity contribution in [2.45, 2.75) is 4.90 Å². The minimum Gasteiger partial charge on any atom is -0.495 e. The van der Waals surface area contributed by atoms with Crippen LogP contribution in [0.1, 0.15) is 0 Å². The molecule has 0 radical (unpaired) electrons. The van der Waals surface area contributed by atoms with Gasteiger partial charge in [0.05, 0.1) is 12.0 Å². The zero-order valence-electron chi connectivity index (χ0n) is 14.3. The number of nitrogens with zero attached hydrogens (tertiary/aromatic N) is 2. The van der Waals surface area contributed by atoms with E-state index in [2.05, 4.69) is 14.9 Å². The van der Waals surface area contributed by atoms with Crippen LogP contribution in [-0.2, 0) is 10.0 Å². The number of benzene rings is 1. The van der Waals surface area contributed by atoms with Crippen LogP contribution >= 0.6 is 11.3 Å². The lowest BCUT2D eigenvalue weighted by Crippen LogP contribution is -2.28. The van der Waals surface area contributed by atoms with E-state index < -0.39 is 15.8 Å². The van der Waals surface area contributed by atoms with E-state index >= 15 is 0 Å². The summed E-state index contributed by atoms with van der Waals surface area (Å²) >= 11 is 1.55. The van der Waals surface area contributed by atoms with Gasteiger partial charge in [0.2, 0.25) is 15.9 Å². The predicted molar refractivity (Wildman–Crippen MR) is 99.0 cm³/mol. The van der Waals surface area contributed by atoms with Crippen LogP contribution in [0.15, 0.2) is 52.7 Å². The number of hydrogen-bond acceptors (Lipinski definition) is 7. The molecule has 0 amide bonds. The van der Waals surface area contributed by atoms with Gasteiger partial charge < -0.3 is 9.47 Å². The molecule has 2 heterocycles. The van der Waals surface area contributed by atoms with E-state index in [1.807, 2.05) is 17.5 Å². The van der Waals surface area contributed by atoms with Gasteiger partial charge in [0, 0.05) is 12.6 Å². The fourth-order valence-electron chi connectivity index (χ4n) is 2.22. The Labute approximate surface area is 159 Å². The summed E-state index contributed by atoms with van der Waals surface area (Å²) in [7, 11) is -2.63. The van der Waals surface area contributed by atoms with E-state index in [0.717, 1.165) is 22.7 Å². The first-order valence-corrected chi connectivity index (χ1v) is 10.2. The van der Waals surface area contributed by atoms with Crippen molar-refractivity contribution >= 4 is 21.4 Å². The maximum absolute atomic E-state index is 13.4. The SMILES string of the molecule is COc1ccc(F)cc1S(=O)(=O)NCCOc1ccc(-c2cccs2)nn1. The third-order valence-electron chi connectivity index (χ3n) is 3.47. The molecule has 142 valence electrons. The molecule has 1 aromatic carbocycles. The highest BCUT2D eigenvalue weighted by molar-refractivity contribution is 7.89. The molecule has 0 saturated carbocycles. The van der Waals surface area contributed by atoms with Gasteiger partial charge in [-0.25, -0.2) is 17.5 Å². The van der Waals surface area contributed by atoms with Gasteiger partial charge in [-0.15, -0.1) is 21.5 Å². The van der Waals surface area contributed by atoms with Crippen LogP contribution in [0.3, 0.4) is 0 Å². The molecule has 2 aromatic heterocycles. The molecule has 0 fully saturated rings. The number of methoxy groups -OCH3 is 1. The minimum atomic E-state index is -3.95. The van der Waals surface area contributed by atoms with Crippen molar-refractivity contribution in [3.8, 4) is 22.2 Å². The third-order valence-corrected chi connectivity index (χ3v) is 5.85. The first kappa shape index (κ1) is 19.2. The van der Waals surface area contributed by atoms with Gasteiger partial charge in [0.15, 0.2) is 0 Å². The van der Waals surface area contributed by atoms with Crippen molar-refractivity contribution in [3.63, 3.8) is 0 Å². The molecule has 0 saturated heterocycles. The van der Waals surface area contributed by atoms with Crippen LogP contribution in [0.5, 0.6) is 11.6 Å². The zero-order valence-corrected chi connectivity index (χ0v) is 15.9. The molecule has 10 heteroatoms. The van der Waals surface area contributed by atoms with Crippen LogP contribution in [-0.4, -0.2) is 38.9 Å². The summed E-state index contributed by atoms with van der Waals surface area (Å²) in [6.07, 6.45) is 0. The van der Waals surface area contributed by atoms with Crippen LogP contribution in [0.25, 0.3) is 10.6 Å². The number of aromatic nitrogens is 2. The lowest BCUT2D eigenvalue weighted by molar-refractivity contribution is 0.307. The van der Waals surface area contributed by atoms with Crippen LogP contribution < -0.4 is 14.2 Å². The molecule has 7 nitrogen and oxygen atoms in total. The molecule has 0 bridgehead atoms. The van der Waals surface area contributed by atoms with E-state index in [0.29, 0.717) is 0 Å². The number of sulfonamides is 1. The second-order valence-corrected chi connectivity index (χ2v) is 7.96. The van der Waals surface area contributed by atoms with Crippen molar-refractivity contribution in [2.75, 3.05) is 20.3 Å². The van der Waals surface area contributed by atoms with E-state index in [1.54, 1.807) is 23.5 Å². The van der Waals surface area contributed by atoms with Gasteiger partial charge in [0.25, 0.3) is 0 Å². The second kappa shape index (κ2) is 8.42. The molecule has 1 N–H and O–H groups in total. The normalized spacial score (nSPS) is 11.3. The number of halogens is 1. The molecule has 27 heavy (non-hydrogen) atoms. The Bertz CT molecular complexity index is 994. The summed E-state index contributed by atoms with van der Waals surface area (Å²) in [6.45, 7) is 0.000245. The van der Waals surface area contributed by atoms with Crippen molar-refractivity contribution in [2.24, 2.45) is 0 Å². The Hall–Kier alpha value is -2.56. The molecule has 0 spiro atoms. The number of nitrogens with one attached hydrogen (secondary N) is 1. The predicted octanol–water partition coefficient (Wildman–Crippen LogP) is 2.71. The Morgan fingerprint density at radius 3 is 2.70 bits per heavy atom. The largest absolute Gasteiger partial charge is 0.495 e. The van der Waals surface area contributed by atoms with Crippen molar-refractivity contribution < 1.29 is 22.3 Å². The van der Waals surface area contributed by atoms with Gasteiger partial charge in [-0.3, -0.25) is 0 Å². The molecular weight excluding hydrogens is 393 g/mol. The molecular formula is C17H16FN3O4S2. The van der Waals surface area contributed by atoms with Crippen molar-refractivity contribution in [3.05, 3.63) is 53.7 Å². The maximum Gasteiger partial charge on any atom is 0.244 e. The molecule has 0 atom stereocenters. The molecule has 0 aliphatic heterocycles. The lowest BCUT2D eigenvalue weighted by Gasteiger charge is -2.11. The van der Waals surface area contributed by atoms with Gasteiger partial charge in [-0.1, -0.05) is 6.07 Å². The number of rotatable bonds is 8. The fraction of sp³-hybridized carbons (Fsp3) is 0.176. The Morgan fingerprint density at radius 2 is 2.04 bits per heavy atom. The Balaban J connectivity index is 1.56. The summed E-state index contributed by atoms with van der Waals surface area (Å²) in [5.74, 6) is -0.341. The van der Waals surface area contributed by atoms with Crippen LogP contribution in [0.2, 0.25) is 0 Å². The maximum atomic E-state index is 13.4. The number of hydrogen-bond donors (Lipinski definition) is 1. The fourth-order valence-corrected chi connectivity index (χ4v) is 4.10. The van der Waals surface area contributed by atoms with Crippen LogP contribution in [0, 0.1) is 5.82 Å². The minimum absolute atomic E-state index is 0.0314. The monoisotopic (exact) mass is 409 g/mol. The van der Waals surface area contributed by atoms with E-state index in [1.165, 1.54) is 13.2 Å². The first-order chi connectivity index (χ1) is 13.0. The van der Waals surface area contributed by atoms with Crippen molar-refractivity contribution in [1.82, 2.24) is 14.9 Å². The Morgan fingerprint density at radius 1 is 1.19 bits per heavy atom. The summed E-state index contributed by atoms with van der Waals surface area (Å²) in [5.41, 5.74) is 0.733. The third kappa shape index (κ3) is 4.79. The van der Waals surface area contributed by atoms with Gasteiger partial charge in [-0.2, -0.15) is 0 Å². The van der Waals surface area contributed by atoms with E-state index in [9.17, 15) is 12.8 Å². The summed E-state index contributed by atoms with van der Waals surface area (Å²) < 4.78 is 50.7. The quantitative estimate of drug-likeness (QED) is 0.576. The average Bonchev–Trinajstić information content (AvgIpc) is 3.20. The smallest absolute Gasteiger partial charge is 0.244 e. The number of thiophene rings is 1. The number of ether oxygens (including phenoxy) is 2. The molecule has 3 aromatic rings. The van der Waals surface area contributed by atoms with E-state index in [4.69, 9.17) is 9.47 Å². The highest BCUT2D eigenvalue weighted by Crippen LogP contribution is 2.24. The standard InChI is InChI=1S/C17H16FN3O4S2/c1-24-14-6-4-12(18)11-16(14)27(22,23)19-8-9-25-17-7-5-13(20-21-17)15-3-2-10-26-15/h2-7,10-11,19H,8-9H2,1H3. The average molecular weight is 409 g/mol. The first-order valence-electron chi connectivity index (χ1n) is 7.83. The van der Waals surface area contributed by atoms with Gasteiger partial charge in [0.1, 0.15) is 28.8 Å². The topological polar surface area (TPSA) is 90.4 Å². The van der Waals surface area contributed by atoms with Crippen LogP contribution in [0.4, 0.5) is 4.39 Å². The van der Waals surface area contributed by atoms with Gasteiger partial charge >= 0.3 is 0 Å². The highest BCUT2D eigenvalue weighted by Gasteiger charge is 2.20. The zero-order chi connectivity index (χ0) is 19.3. The second-order valence-electron chi connectivity index (χ2n) is 5.28. The highest BCUT2D eigenvalue weighted by atomic mass is 32.2. The summed E-state index contributed by atoms with van der Waals surface area (Å²) in [6, 6.07) is 10.6. The lowest BCUT2D eigenvalue weighted by atomic mass is 10.3. The molecule has 0 unspecified atom stereocenters. The molecule has 0 aliphatic rings. The van der Waals surface area contributed by atoms with Gasteiger partial charge in [-0.05, 0) is 35.7 Å². The summed E-state index contributed by atoms with van der Waals surface area (Å²) in [4.78, 5) is 0.718. The molecule has 0 aliphatic carbocycles. The molecule has 3 rings (SSSR count). The Kier molecular flexibility index (Phi) is 5.99. The summed E-state index contributed by atoms with van der Waals surface area (Å²) in [5, 5.41) is 9.97.